The minimum absolute atomic E-state index is 0.298. The predicted octanol–water partition coefficient (Wildman–Crippen LogP) is 4.07. The molecule has 1 heterocycles. The molecule has 0 aliphatic carbocycles. The molecular weight excluding hydrogens is 330 g/mol. The Labute approximate surface area is 145 Å². The van der Waals surface area contributed by atoms with Crippen molar-refractivity contribution in [2.45, 2.75) is 13.3 Å². The first-order valence-corrected chi connectivity index (χ1v) is 8.01. The molecule has 0 saturated carbocycles. The molecule has 3 rings (SSSR count). The summed E-state index contributed by atoms with van der Waals surface area (Å²) in [7, 11) is 1.51. The molecule has 0 radical (unpaired) electrons. The van der Waals surface area contributed by atoms with Gasteiger partial charge in [-0.25, -0.2) is 0 Å². The number of carbonyl (C=O) groups is 1. The van der Waals surface area contributed by atoms with Gasteiger partial charge in [0.1, 0.15) is 5.75 Å². The van der Waals surface area contributed by atoms with Gasteiger partial charge in [0.25, 0.3) is 5.91 Å². The molecule has 24 heavy (non-hydrogen) atoms. The summed E-state index contributed by atoms with van der Waals surface area (Å²) in [4.78, 5) is 12.7. The van der Waals surface area contributed by atoms with E-state index in [0.717, 1.165) is 12.0 Å². The first-order valence-electron chi connectivity index (χ1n) is 7.63. The van der Waals surface area contributed by atoms with Crippen LogP contribution in [0.2, 0.25) is 5.02 Å². The molecule has 0 spiro atoms. The van der Waals surface area contributed by atoms with Crippen molar-refractivity contribution < 1.29 is 19.0 Å². The van der Waals surface area contributed by atoms with Crippen molar-refractivity contribution in [3.8, 4) is 17.2 Å². The molecular formula is C18H18ClNO4. The van der Waals surface area contributed by atoms with Crippen molar-refractivity contribution in [3.05, 3.63) is 46.5 Å². The highest BCUT2D eigenvalue weighted by Crippen LogP contribution is 2.36. The van der Waals surface area contributed by atoms with Crippen LogP contribution in [0.25, 0.3) is 0 Å². The predicted molar refractivity (Wildman–Crippen MR) is 92.7 cm³/mol. The largest absolute Gasteiger partial charge is 0.496 e. The fraction of sp³-hybridized carbons (Fsp3) is 0.278. The molecule has 0 aromatic heterocycles. The summed E-state index contributed by atoms with van der Waals surface area (Å²) in [6, 6.07) is 8.67. The molecule has 1 aliphatic heterocycles. The zero-order valence-corrected chi connectivity index (χ0v) is 14.3. The number of methoxy groups -OCH3 is 1. The Balaban J connectivity index is 1.94. The summed E-state index contributed by atoms with van der Waals surface area (Å²) in [5.74, 6) is 1.25. The molecule has 1 aliphatic rings. The van der Waals surface area contributed by atoms with E-state index in [-0.39, 0.29) is 5.91 Å². The van der Waals surface area contributed by atoms with Crippen molar-refractivity contribution in [1.82, 2.24) is 0 Å². The van der Waals surface area contributed by atoms with Crippen LogP contribution in [0.15, 0.2) is 30.3 Å². The summed E-state index contributed by atoms with van der Waals surface area (Å²) in [6.07, 6.45) is 0.792. The zero-order chi connectivity index (χ0) is 17.1. The second kappa shape index (κ2) is 7.01. The maximum Gasteiger partial charge on any atom is 0.259 e. The van der Waals surface area contributed by atoms with E-state index in [1.807, 2.05) is 13.0 Å². The van der Waals surface area contributed by atoms with Crippen LogP contribution in [0.4, 0.5) is 5.69 Å². The molecule has 0 unspecified atom stereocenters. The molecule has 2 aromatic carbocycles. The van der Waals surface area contributed by atoms with E-state index in [0.29, 0.717) is 46.7 Å². The summed E-state index contributed by atoms with van der Waals surface area (Å²) in [5.41, 5.74) is 1.95. The fourth-order valence-corrected chi connectivity index (χ4v) is 2.63. The van der Waals surface area contributed by atoms with Crippen LogP contribution in [-0.4, -0.2) is 26.2 Å². The van der Waals surface area contributed by atoms with Crippen LogP contribution in [0.1, 0.15) is 22.3 Å². The minimum atomic E-state index is -0.298. The van der Waals surface area contributed by atoms with Gasteiger partial charge in [0.15, 0.2) is 11.5 Å². The molecule has 0 saturated heterocycles. The summed E-state index contributed by atoms with van der Waals surface area (Å²) in [5, 5.41) is 3.42. The Kier molecular flexibility index (Phi) is 4.81. The highest BCUT2D eigenvalue weighted by molar-refractivity contribution is 6.31. The number of rotatable bonds is 3. The Morgan fingerprint density at radius 2 is 1.88 bits per heavy atom. The minimum Gasteiger partial charge on any atom is -0.496 e. The van der Waals surface area contributed by atoms with Crippen molar-refractivity contribution in [3.63, 3.8) is 0 Å². The number of carbonyl (C=O) groups excluding carboxylic acids is 1. The first-order chi connectivity index (χ1) is 11.6. The van der Waals surface area contributed by atoms with Crippen LogP contribution in [0.5, 0.6) is 17.2 Å². The lowest BCUT2D eigenvalue weighted by molar-refractivity contribution is 0.102. The molecule has 0 bridgehead atoms. The second-order valence-corrected chi connectivity index (χ2v) is 5.90. The van der Waals surface area contributed by atoms with Gasteiger partial charge in [0, 0.05) is 29.3 Å². The van der Waals surface area contributed by atoms with E-state index >= 15 is 0 Å². The van der Waals surface area contributed by atoms with Crippen molar-refractivity contribution in [1.29, 1.82) is 0 Å². The van der Waals surface area contributed by atoms with Crippen molar-refractivity contribution in [2.75, 3.05) is 25.6 Å². The maximum atomic E-state index is 12.7. The van der Waals surface area contributed by atoms with Gasteiger partial charge in [0.05, 0.1) is 25.9 Å². The van der Waals surface area contributed by atoms with Gasteiger partial charge < -0.3 is 19.5 Å². The van der Waals surface area contributed by atoms with Crippen LogP contribution in [0.3, 0.4) is 0 Å². The number of ether oxygens (including phenoxy) is 3. The molecule has 5 nitrogen and oxygen atoms in total. The van der Waals surface area contributed by atoms with Crippen LogP contribution >= 0.6 is 11.6 Å². The Morgan fingerprint density at radius 3 is 2.58 bits per heavy atom. The molecule has 1 amide bonds. The average molecular weight is 348 g/mol. The number of anilines is 1. The van der Waals surface area contributed by atoms with Crippen LogP contribution in [0, 0.1) is 6.92 Å². The monoisotopic (exact) mass is 347 g/mol. The Bertz CT molecular complexity index is 776. The molecule has 0 fully saturated rings. The van der Waals surface area contributed by atoms with Crippen LogP contribution < -0.4 is 19.5 Å². The smallest absolute Gasteiger partial charge is 0.259 e. The molecule has 0 atom stereocenters. The number of benzene rings is 2. The van der Waals surface area contributed by atoms with E-state index in [1.165, 1.54) is 7.11 Å². The van der Waals surface area contributed by atoms with Gasteiger partial charge in [-0.3, -0.25) is 4.79 Å². The maximum absolute atomic E-state index is 12.7. The first kappa shape index (κ1) is 16.5. The molecule has 2 aromatic rings. The van der Waals surface area contributed by atoms with Gasteiger partial charge in [-0.1, -0.05) is 17.7 Å². The van der Waals surface area contributed by atoms with Gasteiger partial charge >= 0.3 is 0 Å². The highest BCUT2D eigenvalue weighted by atomic mass is 35.5. The van der Waals surface area contributed by atoms with E-state index in [4.69, 9.17) is 25.8 Å². The van der Waals surface area contributed by atoms with Gasteiger partial charge in [-0.2, -0.15) is 0 Å². The van der Waals surface area contributed by atoms with Gasteiger partial charge in [0.2, 0.25) is 0 Å². The molecule has 6 heteroatoms. The third-order valence-corrected chi connectivity index (χ3v) is 4.00. The number of fused-ring (bicyclic) bond motifs is 1. The lowest BCUT2D eigenvalue weighted by atomic mass is 10.1. The third kappa shape index (κ3) is 3.41. The fourth-order valence-electron chi connectivity index (χ4n) is 2.45. The van der Waals surface area contributed by atoms with E-state index in [1.54, 1.807) is 24.3 Å². The van der Waals surface area contributed by atoms with Gasteiger partial charge in [-0.15, -0.1) is 0 Å². The number of halogens is 1. The third-order valence-electron chi connectivity index (χ3n) is 3.76. The van der Waals surface area contributed by atoms with E-state index < -0.39 is 0 Å². The average Bonchev–Trinajstić information content (AvgIpc) is 2.81. The summed E-state index contributed by atoms with van der Waals surface area (Å²) >= 11 is 6.01. The van der Waals surface area contributed by atoms with Crippen molar-refractivity contribution in [2.24, 2.45) is 0 Å². The quantitative estimate of drug-likeness (QED) is 0.909. The number of aryl methyl sites for hydroxylation is 1. The van der Waals surface area contributed by atoms with Crippen LogP contribution in [-0.2, 0) is 0 Å². The normalized spacial score (nSPS) is 13.1. The number of amides is 1. The zero-order valence-electron chi connectivity index (χ0n) is 13.5. The summed E-state index contributed by atoms with van der Waals surface area (Å²) < 4.78 is 16.6. The topological polar surface area (TPSA) is 56.8 Å². The standard InChI is InChI=1S/C18H18ClNO4/c1-11-4-5-12(19)8-14(11)20-18(21)13-9-16-17(10-15(13)22-2)24-7-3-6-23-16/h4-5,8-10H,3,6-7H2,1-2H3,(H,20,21). The SMILES string of the molecule is COc1cc2c(cc1C(=O)Nc1cc(Cl)ccc1C)OCCCO2. The number of hydrogen-bond donors (Lipinski definition) is 1. The van der Waals surface area contributed by atoms with E-state index in [2.05, 4.69) is 5.32 Å². The number of hydrogen-bond acceptors (Lipinski definition) is 4. The lowest BCUT2D eigenvalue weighted by Gasteiger charge is -2.14. The molecule has 1 N–H and O–H groups in total. The van der Waals surface area contributed by atoms with Gasteiger partial charge in [-0.05, 0) is 24.6 Å². The number of nitrogens with one attached hydrogen (secondary N) is 1. The highest BCUT2D eigenvalue weighted by Gasteiger charge is 2.20. The van der Waals surface area contributed by atoms with Crippen molar-refractivity contribution >= 4 is 23.2 Å². The second-order valence-electron chi connectivity index (χ2n) is 5.46. The summed E-state index contributed by atoms with van der Waals surface area (Å²) in [6.45, 7) is 3.02. The van der Waals surface area contributed by atoms with E-state index in [9.17, 15) is 4.79 Å². The lowest BCUT2D eigenvalue weighted by Crippen LogP contribution is -2.14. The molecule has 126 valence electrons. The Morgan fingerprint density at radius 1 is 1.17 bits per heavy atom. The Hall–Kier alpha value is -2.40.